The molecule has 3 rings (SSSR count). The smallest absolute Gasteiger partial charge is 0.330 e. The van der Waals surface area contributed by atoms with Crippen LogP contribution >= 0.6 is 0 Å². The molecule has 1 fully saturated rings. The molecule has 2 atom stereocenters. The Labute approximate surface area is 145 Å². The third kappa shape index (κ3) is 3.66. The number of aliphatic carboxylic acids is 1. The summed E-state index contributed by atoms with van der Waals surface area (Å²) in [6, 6.07) is 11.3. The van der Waals surface area contributed by atoms with Crippen LogP contribution in [-0.2, 0) is 19.4 Å². The van der Waals surface area contributed by atoms with Crippen molar-refractivity contribution in [2.24, 2.45) is 0 Å². The molecule has 2 N–H and O–H groups in total. The Kier molecular flexibility index (Phi) is 4.76. The summed E-state index contributed by atoms with van der Waals surface area (Å²) in [4.78, 5) is 24.1. The number of sulfone groups is 1. The van der Waals surface area contributed by atoms with Gasteiger partial charge in [-0.2, -0.15) is 0 Å². The molecular weight excluding hydrogens is 342 g/mol. The first-order chi connectivity index (χ1) is 11.9. The van der Waals surface area contributed by atoms with E-state index in [2.05, 4.69) is 5.32 Å². The number of hydrogen-bond acceptors (Lipinski definition) is 4. The highest BCUT2D eigenvalue weighted by Gasteiger charge is 2.36. The zero-order chi connectivity index (χ0) is 18.0. The fourth-order valence-electron chi connectivity index (χ4n) is 3.16. The largest absolute Gasteiger partial charge is 0.479 e. The van der Waals surface area contributed by atoms with Gasteiger partial charge in [-0.25, -0.2) is 13.2 Å². The minimum absolute atomic E-state index is 0.0290. The highest BCUT2D eigenvalue weighted by molar-refractivity contribution is 7.92. The van der Waals surface area contributed by atoms with Gasteiger partial charge in [-0.15, -0.1) is 0 Å². The Morgan fingerprint density at radius 2 is 1.80 bits per heavy atom. The topological polar surface area (TPSA) is 101 Å². The van der Waals surface area contributed by atoms with Crippen molar-refractivity contribution in [2.75, 3.05) is 5.75 Å². The average Bonchev–Trinajstić information content (AvgIpc) is 2.58. The molecule has 1 heterocycles. The van der Waals surface area contributed by atoms with Crippen molar-refractivity contribution in [1.82, 2.24) is 5.32 Å². The minimum atomic E-state index is -3.52. The Bertz CT molecular complexity index is 922. The normalized spacial score (nSPS) is 20.7. The van der Waals surface area contributed by atoms with E-state index in [0.717, 1.165) is 10.8 Å². The van der Waals surface area contributed by atoms with Crippen LogP contribution in [0.25, 0.3) is 10.8 Å². The number of rotatable bonds is 4. The number of hydrogen-bond donors (Lipinski definition) is 2. The van der Waals surface area contributed by atoms with Crippen molar-refractivity contribution in [2.45, 2.75) is 30.6 Å². The second-order valence-electron chi connectivity index (χ2n) is 6.24. The molecule has 7 heteroatoms. The van der Waals surface area contributed by atoms with Gasteiger partial charge in [0.15, 0.2) is 15.9 Å². The molecule has 0 radical (unpaired) electrons. The molecule has 6 nitrogen and oxygen atoms in total. The van der Waals surface area contributed by atoms with Crippen LogP contribution in [-0.4, -0.2) is 36.4 Å². The van der Waals surface area contributed by atoms with Crippen LogP contribution in [0.2, 0.25) is 0 Å². The first-order valence-electron chi connectivity index (χ1n) is 8.12. The van der Waals surface area contributed by atoms with Gasteiger partial charge in [-0.3, -0.25) is 4.79 Å². The van der Waals surface area contributed by atoms with Gasteiger partial charge in [0.2, 0.25) is 5.91 Å². The lowest BCUT2D eigenvalue weighted by molar-refractivity contribution is -0.142. The number of carbonyl (C=O) groups excluding carboxylic acids is 1. The minimum Gasteiger partial charge on any atom is -0.479 e. The fraction of sp³-hybridized carbons (Fsp3) is 0.333. The van der Waals surface area contributed by atoms with E-state index in [1.54, 1.807) is 18.2 Å². The zero-order valence-electron chi connectivity index (χ0n) is 13.5. The predicted octanol–water partition coefficient (Wildman–Crippen LogP) is 2.05. The maximum Gasteiger partial charge on any atom is 0.330 e. The van der Waals surface area contributed by atoms with E-state index in [-0.39, 0.29) is 12.2 Å². The molecule has 0 saturated carbocycles. The molecule has 2 aromatic carbocycles. The SMILES string of the molecule is O=C(O)C(NC(=O)C1CCCCS1(=O)=O)c1ccc2ccccc2c1. The molecule has 0 aromatic heterocycles. The second-order valence-corrected chi connectivity index (χ2v) is 8.54. The first kappa shape index (κ1) is 17.4. The molecule has 132 valence electrons. The summed E-state index contributed by atoms with van der Waals surface area (Å²) in [6.07, 6.45) is 1.42. The predicted molar refractivity (Wildman–Crippen MR) is 93.9 cm³/mol. The molecule has 25 heavy (non-hydrogen) atoms. The molecule has 0 aliphatic carbocycles. The summed E-state index contributed by atoms with van der Waals surface area (Å²) in [5.41, 5.74) is 0.410. The molecular formula is C18H19NO5S. The van der Waals surface area contributed by atoms with Crippen LogP contribution in [0.3, 0.4) is 0 Å². The third-order valence-electron chi connectivity index (χ3n) is 4.51. The van der Waals surface area contributed by atoms with Crippen molar-refractivity contribution in [1.29, 1.82) is 0 Å². The highest BCUT2D eigenvalue weighted by atomic mass is 32.2. The summed E-state index contributed by atoms with van der Waals surface area (Å²) >= 11 is 0. The molecule has 1 aliphatic heterocycles. The molecule has 1 amide bonds. The highest BCUT2D eigenvalue weighted by Crippen LogP contribution is 2.23. The van der Waals surface area contributed by atoms with Crippen LogP contribution in [0, 0.1) is 0 Å². The Hall–Kier alpha value is -2.41. The molecule has 1 saturated heterocycles. The van der Waals surface area contributed by atoms with Gasteiger partial charge in [0.25, 0.3) is 0 Å². The van der Waals surface area contributed by atoms with Crippen molar-refractivity contribution in [3.63, 3.8) is 0 Å². The monoisotopic (exact) mass is 361 g/mol. The third-order valence-corrected chi connectivity index (χ3v) is 6.69. The number of carbonyl (C=O) groups is 2. The molecule has 0 bridgehead atoms. The Morgan fingerprint density at radius 1 is 1.08 bits per heavy atom. The van der Waals surface area contributed by atoms with Crippen LogP contribution in [0.5, 0.6) is 0 Å². The van der Waals surface area contributed by atoms with E-state index < -0.39 is 33.0 Å². The molecule has 2 unspecified atom stereocenters. The van der Waals surface area contributed by atoms with Gasteiger partial charge in [0, 0.05) is 0 Å². The van der Waals surface area contributed by atoms with Crippen LogP contribution in [0.1, 0.15) is 30.9 Å². The van der Waals surface area contributed by atoms with Gasteiger partial charge in [0.1, 0.15) is 5.25 Å². The summed E-state index contributed by atoms with van der Waals surface area (Å²) < 4.78 is 24.2. The maximum absolute atomic E-state index is 12.4. The van der Waals surface area contributed by atoms with Crippen molar-refractivity contribution in [3.05, 3.63) is 48.0 Å². The zero-order valence-corrected chi connectivity index (χ0v) is 14.3. The summed E-state index contributed by atoms with van der Waals surface area (Å²) in [6.45, 7) is 0. The second kappa shape index (κ2) is 6.84. The standard InChI is InChI=1S/C18H19NO5S/c20-17(15-7-3-4-10-25(15,23)24)19-16(18(21)22)14-9-8-12-5-1-2-6-13(12)11-14/h1-2,5-6,8-9,11,15-16H,3-4,7,10H2,(H,19,20)(H,21,22). The van der Waals surface area contributed by atoms with Crippen LogP contribution < -0.4 is 5.32 Å². The first-order valence-corrected chi connectivity index (χ1v) is 9.83. The van der Waals surface area contributed by atoms with Crippen molar-refractivity contribution >= 4 is 32.5 Å². The Morgan fingerprint density at radius 3 is 2.48 bits per heavy atom. The van der Waals surface area contributed by atoms with Crippen molar-refractivity contribution in [3.8, 4) is 0 Å². The van der Waals surface area contributed by atoms with Gasteiger partial charge in [-0.1, -0.05) is 42.8 Å². The summed E-state index contributed by atoms with van der Waals surface area (Å²) in [7, 11) is -3.52. The summed E-state index contributed by atoms with van der Waals surface area (Å²) in [5, 5.41) is 12.6. The van der Waals surface area contributed by atoms with E-state index in [1.165, 1.54) is 0 Å². The van der Waals surface area contributed by atoms with E-state index >= 15 is 0 Å². The van der Waals surface area contributed by atoms with Crippen LogP contribution in [0.15, 0.2) is 42.5 Å². The molecule has 0 spiro atoms. The number of nitrogens with one attached hydrogen (secondary N) is 1. The number of amides is 1. The molecule has 2 aromatic rings. The van der Waals surface area contributed by atoms with E-state index in [1.807, 2.05) is 24.3 Å². The van der Waals surface area contributed by atoms with E-state index in [0.29, 0.717) is 18.4 Å². The Balaban J connectivity index is 1.88. The van der Waals surface area contributed by atoms with Crippen molar-refractivity contribution < 1.29 is 23.1 Å². The lowest BCUT2D eigenvalue weighted by Crippen LogP contribution is -2.45. The fourth-order valence-corrected chi connectivity index (χ4v) is 4.97. The van der Waals surface area contributed by atoms with Gasteiger partial charge >= 0.3 is 5.97 Å². The maximum atomic E-state index is 12.4. The van der Waals surface area contributed by atoms with E-state index in [9.17, 15) is 23.1 Å². The lowest BCUT2D eigenvalue weighted by Gasteiger charge is -2.23. The van der Waals surface area contributed by atoms with Crippen LogP contribution in [0.4, 0.5) is 0 Å². The number of fused-ring (bicyclic) bond motifs is 1. The lowest BCUT2D eigenvalue weighted by atomic mass is 10.0. The summed E-state index contributed by atoms with van der Waals surface area (Å²) in [5.74, 6) is -1.99. The number of benzene rings is 2. The van der Waals surface area contributed by atoms with Gasteiger partial charge < -0.3 is 10.4 Å². The van der Waals surface area contributed by atoms with Gasteiger partial charge in [-0.05, 0) is 35.2 Å². The van der Waals surface area contributed by atoms with E-state index in [4.69, 9.17) is 0 Å². The number of carboxylic acid groups (broad SMARTS) is 1. The average molecular weight is 361 g/mol. The van der Waals surface area contributed by atoms with Gasteiger partial charge in [0.05, 0.1) is 5.75 Å². The number of carboxylic acids is 1. The molecule has 1 aliphatic rings. The quantitative estimate of drug-likeness (QED) is 0.868.